The van der Waals surface area contributed by atoms with E-state index in [1.165, 1.54) is 19.3 Å². The molecule has 8 heteroatoms. The van der Waals surface area contributed by atoms with Crippen LogP contribution in [0.5, 0.6) is 0 Å². The predicted molar refractivity (Wildman–Crippen MR) is 108 cm³/mol. The van der Waals surface area contributed by atoms with Gasteiger partial charge in [0.1, 0.15) is 6.04 Å². The van der Waals surface area contributed by atoms with E-state index in [9.17, 15) is 19.2 Å². The van der Waals surface area contributed by atoms with Gasteiger partial charge >= 0.3 is 0 Å². The van der Waals surface area contributed by atoms with Crippen LogP contribution >= 0.6 is 0 Å². The molecule has 5 rings (SSSR count). The number of carbonyl (C=O) groups excluding carboxylic acids is 4. The minimum atomic E-state index is -0.921. The summed E-state index contributed by atoms with van der Waals surface area (Å²) in [5.41, 5.74) is 2.08. The molecule has 4 aliphatic rings. The summed E-state index contributed by atoms with van der Waals surface area (Å²) in [4.78, 5) is 52.9. The molecule has 4 heterocycles. The Labute approximate surface area is 175 Å². The number of nitrogens with zero attached hydrogens (tertiary/aromatic N) is 2. The van der Waals surface area contributed by atoms with Crippen molar-refractivity contribution in [2.75, 3.05) is 26.2 Å². The molecular formula is C22H26N4O4. The lowest BCUT2D eigenvalue weighted by molar-refractivity contribution is -0.136. The van der Waals surface area contributed by atoms with Crippen molar-refractivity contribution < 1.29 is 19.2 Å². The highest BCUT2D eigenvalue weighted by Crippen LogP contribution is 2.34. The van der Waals surface area contributed by atoms with Gasteiger partial charge in [0.2, 0.25) is 11.8 Å². The quantitative estimate of drug-likeness (QED) is 0.711. The van der Waals surface area contributed by atoms with Gasteiger partial charge in [-0.3, -0.25) is 34.3 Å². The number of likely N-dealkylation sites (tertiary alicyclic amines) is 1. The molecule has 4 amide bonds. The lowest BCUT2D eigenvalue weighted by atomic mass is 9.77. The molecule has 2 N–H and O–H groups in total. The van der Waals surface area contributed by atoms with Gasteiger partial charge in [-0.2, -0.15) is 0 Å². The molecule has 3 fully saturated rings. The number of carbonyl (C=O) groups is 4. The first-order valence-corrected chi connectivity index (χ1v) is 10.7. The number of piperidine rings is 1. The third-order valence-corrected chi connectivity index (χ3v) is 6.90. The van der Waals surface area contributed by atoms with Crippen LogP contribution in [-0.4, -0.2) is 65.6 Å². The predicted octanol–water partition coefficient (Wildman–Crippen LogP) is 0.663. The van der Waals surface area contributed by atoms with Crippen molar-refractivity contribution in [3.8, 4) is 0 Å². The minimum absolute atomic E-state index is 0.126. The second kappa shape index (κ2) is 7.28. The minimum Gasteiger partial charge on any atom is -0.315 e. The molecule has 158 valence electrons. The Morgan fingerprint density at radius 2 is 1.83 bits per heavy atom. The lowest BCUT2D eigenvalue weighted by Gasteiger charge is -2.44. The number of hydrogen-bond donors (Lipinski definition) is 2. The van der Waals surface area contributed by atoms with Gasteiger partial charge in [-0.25, -0.2) is 0 Å². The summed E-state index contributed by atoms with van der Waals surface area (Å²) in [7, 11) is 0. The second-order valence-corrected chi connectivity index (χ2v) is 9.10. The van der Waals surface area contributed by atoms with Crippen LogP contribution in [0.3, 0.4) is 0 Å². The number of rotatable bonds is 3. The Hall–Kier alpha value is -2.58. The Morgan fingerprint density at radius 1 is 1.03 bits per heavy atom. The zero-order valence-corrected chi connectivity index (χ0v) is 16.9. The maximum Gasteiger partial charge on any atom is 0.262 e. The van der Waals surface area contributed by atoms with Crippen molar-refractivity contribution in [3.63, 3.8) is 0 Å². The zero-order valence-electron chi connectivity index (χ0n) is 16.9. The monoisotopic (exact) mass is 410 g/mol. The van der Waals surface area contributed by atoms with Crippen molar-refractivity contribution in [3.05, 3.63) is 34.9 Å². The first-order chi connectivity index (χ1) is 14.5. The molecule has 1 aromatic rings. The number of fused-ring (bicyclic) bond motifs is 1. The van der Waals surface area contributed by atoms with E-state index in [0.29, 0.717) is 16.5 Å². The molecule has 0 aromatic heterocycles. The fourth-order valence-electron chi connectivity index (χ4n) is 5.24. The largest absolute Gasteiger partial charge is 0.315 e. The molecule has 0 saturated carbocycles. The number of imide groups is 2. The molecule has 30 heavy (non-hydrogen) atoms. The lowest BCUT2D eigenvalue weighted by Crippen LogP contribution is -2.57. The standard InChI is InChI=1S/C22H26N4O4/c27-18-6-5-17(19(28)24-18)26-20(29)15-4-3-14(9-16(15)21(26)30)10-25-8-2-1-7-22(13-25)11-23-12-22/h3-4,9,17,23H,1-2,5-8,10-13H2,(H,24,27,28). The molecule has 4 aliphatic heterocycles. The molecule has 3 saturated heterocycles. The second-order valence-electron chi connectivity index (χ2n) is 9.10. The first-order valence-electron chi connectivity index (χ1n) is 10.7. The highest BCUT2D eigenvalue weighted by Gasteiger charge is 2.45. The van der Waals surface area contributed by atoms with Gasteiger partial charge in [0.25, 0.3) is 11.8 Å². The highest BCUT2D eigenvalue weighted by atomic mass is 16.2. The molecule has 8 nitrogen and oxygen atoms in total. The molecule has 1 spiro atoms. The van der Waals surface area contributed by atoms with E-state index in [0.717, 1.165) is 43.2 Å². The van der Waals surface area contributed by atoms with Crippen LogP contribution in [-0.2, 0) is 16.1 Å². The molecular weight excluding hydrogens is 384 g/mol. The first kappa shape index (κ1) is 19.4. The summed E-state index contributed by atoms with van der Waals surface area (Å²) in [5, 5.41) is 5.63. The number of amides is 4. The van der Waals surface area contributed by atoms with Crippen LogP contribution in [0.4, 0.5) is 0 Å². The summed E-state index contributed by atoms with van der Waals surface area (Å²) in [6, 6.07) is 4.50. The van der Waals surface area contributed by atoms with Gasteiger partial charge in [-0.1, -0.05) is 12.5 Å². The molecule has 1 unspecified atom stereocenters. The van der Waals surface area contributed by atoms with E-state index in [4.69, 9.17) is 0 Å². The van der Waals surface area contributed by atoms with Gasteiger partial charge in [0.15, 0.2) is 0 Å². The van der Waals surface area contributed by atoms with Gasteiger partial charge in [0.05, 0.1) is 11.1 Å². The van der Waals surface area contributed by atoms with Crippen molar-refractivity contribution in [2.45, 2.75) is 44.7 Å². The summed E-state index contributed by atoms with van der Waals surface area (Å²) in [6.07, 6.45) is 3.98. The maximum absolute atomic E-state index is 13.0. The smallest absolute Gasteiger partial charge is 0.262 e. The van der Waals surface area contributed by atoms with Crippen molar-refractivity contribution >= 4 is 23.6 Å². The third-order valence-electron chi connectivity index (χ3n) is 6.90. The number of hydrogen-bond acceptors (Lipinski definition) is 6. The summed E-state index contributed by atoms with van der Waals surface area (Å²) in [5.74, 6) is -1.84. The molecule has 0 radical (unpaired) electrons. The fourth-order valence-corrected chi connectivity index (χ4v) is 5.24. The van der Waals surface area contributed by atoms with Crippen molar-refractivity contribution in [1.82, 2.24) is 20.4 Å². The maximum atomic E-state index is 13.0. The topological polar surface area (TPSA) is 98.8 Å². The van der Waals surface area contributed by atoms with E-state index in [2.05, 4.69) is 15.5 Å². The van der Waals surface area contributed by atoms with Gasteiger partial charge in [0, 0.05) is 38.0 Å². The van der Waals surface area contributed by atoms with E-state index >= 15 is 0 Å². The molecule has 0 aliphatic carbocycles. The average molecular weight is 410 g/mol. The Balaban J connectivity index is 1.34. The molecule has 0 bridgehead atoms. The zero-order chi connectivity index (χ0) is 20.9. The Kier molecular flexibility index (Phi) is 4.71. The van der Waals surface area contributed by atoms with E-state index in [-0.39, 0.29) is 18.7 Å². The fraction of sp³-hybridized carbons (Fsp3) is 0.545. The Bertz CT molecular complexity index is 939. The molecule has 1 atom stereocenters. The van der Waals surface area contributed by atoms with Crippen LogP contribution in [0.1, 0.15) is 58.4 Å². The molecule has 1 aromatic carbocycles. The summed E-state index contributed by atoms with van der Waals surface area (Å²) >= 11 is 0. The third kappa shape index (κ3) is 3.24. The van der Waals surface area contributed by atoms with Gasteiger partial charge < -0.3 is 5.32 Å². The Morgan fingerprint density at radius 3 is 2.57 bits per heavy atom. The summed E-state index contributed by atoms with van der Waals surface area (Å²) < 4.78 is 0. The summed E-state index contributed by atoms with van der Waals surface area (Å²) in [6.45, 7) is 4.97. The van der Waals surface area contributed by atoms with Gasteiger partial charge in [-0.15, -0.1) is 0 Å². The van der Waals surface area contributed by atoms with Crippen molar-refractivity contribution in [1.29, 1.82) is 0 Å². The van der Waals surface area contributed by atoms with Crippen LogP contribution in [0, 0.1) is 5.41 Å². The number of nitrogens with one attached hydrogen (secondary N) is 2. The van der Waals surface area contributed by atoms with Crippen LogP contribution in [0.2, 0.25) is 0 Å². The van der Waals surface area contributed by atoms with Gasteiger partial charge in [-0.05, 0) is 43.5 Å². The SMILES string of the molecule is O=C1CCC(N2C(=O)c3ccc(CN4CCCCC5(CNC5)C4)cc3C2=O)C(=O)N1. The highest BCUT2D eigenvalue weighted by molar-refractivity contribution is 6.23. The normalized spacial score (nSPS) is 26.4. The van der Waals surface area contributed by atoms with Crippen LogP contribution in [0.15, 0.2) is 18.2 Å². The van der Waals surface area contributed by atoms with Crippen LogP contribution < -0.4 is 10.6 Å². The average Bonchev–Trinajstić information content (AvgIpc) is 2.85. The number of benzene rings is 1. The van der Waals surface area contributed by atoms with Crippen LogP contribution in [0.25, 0.3) is 0 Å². The van der Waals surface area contributed by atoms with Crippen molar-refractivity contribution in [2.24, 2.45) is 5.41 Å². The van der Waals surface area contributed by atoms with E-state index in [1.807, 2.05) is 6.07 Å². The van der Waals surface area contributed by atoms with E-state index in [1.54, 1.807) is 12.1 Å². The van der Waals surface area contributed by atoms with E-state index < -0.39 is 23.8 Å².